The van der Waals surface area contributed by atoms with Gasteiger partial charge in [0.2, 0.25) is 10.0 Å². The fourth-order valence-electron chi connectivity index (χ4n) is 3.05. The van der Waals surface area contributed by atoms with Crippen LogP contribution in [-0.2, 0) is 10.0 Å². The number of aromatic amines is 1. The van der Waals surface area contributed by atoms with E-state index < -0.39 is 16.1 Å². The van der Waals surface area contributed by atoms with Crippen molar-refractivity contribution in [3.05, 3.63) is 82.3 Å². The molecule has 0 saturated heterocycles. The van der Waals surface area contributed by atoms with E-state index in [1.807, 2.05) is 30.3 Å². The van der Waals surface area contributed by atoms with Gasteiger partial charge in [-0.1, -0.05) is 35.5 Å². The lowest BCUT2D eigenvalue weighted by molar-refractivity contribution is 0.416. The van der Waals surface area contributed by atoms with Crippen LogP contribution < -0.4 is 10.3 Å². The molecule has 0 aliphatic heterocycles. The van der Waals surface area contributed by atoms with Gasteiger partial charge in [-0.05, 0) is 43.5 Å². The molecule has 0 fully saturated rings. The number of rotatable bonds is 5. The van der Waals surface area contributed by atoms with Gasteiger partial charge in [0.25, 0.3) is 5.56 Å². The zero-order chi connectivity index (χ0) is 20.6. The molecule has 0 bridgehead atoms. The number of H-pyrrole nitrogens is 1. The summed E-state index contributed by atoms with van der Waals surface area (Å²) in [7, 11) is -3.80. The zero-order valence-electron chi connectivity index (χ0n) is 15.8. The molecule has 4 rings (SSSR count). The highest BCUT2D eigenvalue weighted by molar-refractivity contribution is 7.89. The molecule has 2 heterocycles. The highest BCUT2D eigenvalue weighted by atomic mass is 32.2. The van der Waals surface area contributed by atoms with Crippen molar-refractivity contribution in [2.24, 2.45) is 0 Å². The van der Waals surface area contributed by atoms with Crippen LogP contribution in [0, 0.1) is 6.92 Å². The molecule has 0 saturated carbocycles. The van der Waals surface area contributed by atoms with Gasteiger partial charge >= 0.3 is 0 Å². The third-order valence-electron chi connectivity index (χ3n) is 4.67. The van der Waals surface area contributed by atoms with Gasteiger partial charge in [0, 0.05) is 22.7 Å². The lowest BCUT2D eigenvalue weighted by atomic mass is 10.1. The zero-order valence-corrected chi connectivity index (χ0v) is 16.7. The Hall–Kier alpha value is -3.23. The predicted octanol–water partition coefficient (Wildman–Crippen LogP) is 3.53. The van der Waals surface area contributed by atoms with Crippen molar-refractivity contribution in [2.45, 2.75) is 24.8 Å². The van der Waals surface area contributed by atoms with Crippen LogP contribution in [0.25, 0.3) is 22.2 Å². The van der Waals surface area contributed by atoms with Crippen molar-refractivity contribution in [2.75, 3.05) is 0 Å². The largest absolute Gasteiger partial charge is 0.356 e. The Kier molecular flexibility index (Phi) is 4.81. The molecule has 2 N–H and O–H groups in total. The molecule has 0 spiro atoms. The van der Waals surface area contributed by atoms with E-state index in [1.165, 1.54) is 12.1 Å². The van der Waals surface area contributed by atoms with Gasteiger partial charge in [0.05, 0.1) is 10.9 Å². The second-order valence-corrected chi connectivity index (χ2v) is 8.57. The maximum atomic E-state index is 12.8. The minimum Gasteiger partial charge on any atom is -0.356 e. The summed E-state index contributed by atoms with van der Waals surface area (Å²) in [5.41, 5.74) is 2.25. The number of benzene rings is 2. The van der Waals surface area contributed by atoms with Gasteiger partial charge in [-0.15, -0.1) is 0 Å². The molecule has 1 unspecified atom stereocenters. The van der Waals surface area contributed by atoms with Crippen LogP contribution in [0.1, 0.15) is 24.2 Å². The van der Waals surface area contributed by atoms with Gasteiger partial charge in [0.15, 0.2) is 5.76 Å². The Morgan fingerprint density at radius 2 is 1.83 bits per heavy atom. The number of aromatic nitrogens is 2. The Morgan fingerprint density at radius 1 is 1.07 bits per heavy atom. The van der Waals surface area contributed by atoms with Crippen molar-refractivity contribution in [3.8, 4) is 11.3 Å². The minimum atomic E-state index is -3.80. The van der Waals surface area contributed by atoms with Crippen LogP contribution in [0.3, 0.4) is 0 Å². The summed E-state index contributed by atoms with van der Waals surface area (Å²) in [6, 6.07) is 16.8. The quantitative estimate of drug-likeness (QED) is 0.525. The van der Waals surface area contributed by atoms with Gasteiger partial charge in [0.1, 0.15) is 5.69 Å². The Labute approximate surface area is 167 Å². The first kappa shape index (κ1) is 19.1. The summed E-state index contributed by atoms with van der Waals surface area (Å²) in [4.78, 5) is 14.6. The first-order valence-electron chi connectivity index (χ1n) is 9.01. The van der Waals surface area contributed by atoms with Gasteiger partial charge in [-0.2, -0.15) is 0 Å². The first-order chi connectivity index (χ1) is 13.8. The SMILES string of the molecule is Cc1cc2cc(S(=O)(=O)NC(C)c3cc(-c4ccccc4)on3)ccc2[nH]c1=O. The lowest BCUT2D eigenvalue weighted by Crippen LogP contribution is -2.27. The topological polar surface area (TPSA) is 105 Å². The molecular formula is C21H19N3O4S. The second-order valence-electron chi connectivity index (χ2n) is 6.86. The molecule has 0 radical (unpaired) electrons. The van der Waals surface area contributed by atoms with E-state index in [2.05, 4.69) is 14.9 Å². The number of fused-ring (bicyclic) bond motifs is 1. The number of nitrogens with one attached hydrogen (secondary N) is 2. The molecular weight excluding hydrogens is 390 g/mol. The number of nitrogens with zero attached hydrogens (tertiary/aromatic N) is 1. The molecule has 1 atom stereocenters. The van der Waals surface area contributed by atoms with E-state index in [9.17, 15) is 13.2 Å². The normalized spacial score (nSPS) is 12.9. The van der Waals surface area contributed by atoms with Crippen molar-refractivity contribution in [1.29, 1.82) is 0 Å². The third kappa shape index (κ3) is 3.85. The number of hydrogen-bond donors (Lipinski definition) is 2. The van der Waals surface area contributed by atoms with E-state index in [-0.39, 0.29) is 10.5 Å². The third-order valence-corrected chi connectivity index (χ3v) is 6.21. The Morgan fingerprint density at radius 3 is 2.59 bits per heavy atom. The van der Waals surface area contributed by atoms with Gasteiger partial charge in [-0.3, -0.25) is 4.79 Å². The summed E-state index contributed by atoms with van der Waals surface area (Å²) in [6.45, 7) is 3.38. The van der Waals surface area contributed by atoms with Crippen LogP contribution in [-0.4, -0.2) is 18.6 Å². The molecule has 148 valence electrons. The number of aryl methyl sites for hydroxylation is 1. The van der Waals surface area contributed by atoms with Crippen LogP contribution in [0.2, 0.25) is 0 Å². The second kappa shape index (κ2) is 7.31. The lowest BCUT2D eigenvalue weighted by Gasteiger charge is -2.12. The standard InChI is InChI=1S/C21H19N3O4S/c1-13-10-16-11-17(8-9-18(16)22-21(13)25)29(26,27)24-14(2)19-12-20(28-23-19)15-6-4-3-5-7-15/h3-12,14,24H,1-2H3,(H,22,25). The highest BCUT2D eigenvalue weighted by Gasteiger charge is 2.21. The summed E-state index contributed by atoms with van der Waals surface area (Å²) in [5.74, 6) is 0.566. The highest BCUT2D eigenvalue weighted by Crippen LogP contribution is 2.24. The van der Waals surface area contributed by atoms with Crippen LogP contribution in [0.4, 0.5) is 0 Å². The van der Waals surface area contributed by atoms with Crippen LogP contribution >= 0.6 is 0 Å². The number of pyridine rings is 1. The first-order valence-corrected chi connectivity index (χ1v) is 10.5. The average molecular weight is 409 g/mol. The molecule has 2 aromatic carbocycles. The number of hydrogen-bond acceptors (Lipinski definition) is 5. The molecule has 0 aliphatic carbocycles. The fraction of sp³-hybridized carbons (Fsp3) is 0.143. The Bertz CT molecular complexity index is 1340. The van der Waals surface area contributed by atoms with Crippen LogP contribution in [0.15, 0.2) is 74.9 Å². The Balaban J connectivity index is 1.60. The maximum absolute atomic E-state index is 12.8. The maximum Gasteiger partial charge on any atom is 0.251 e. The monoisotopic (exact) mass is 409 g/mol. The smallest absolute Gasteiger partial charge is 0.251 e. The summed E-state index contributed by atoms with van der Waals surface area (Å²) < 4.78 is 33.7. The van der Waals surface area contributed by atoms with Crippen molar-refractivity contribution >= 4 is 20.9 Å². The van der Waals surface area contributed by atoms with E-state index >= 15 is 0 Å². The van der Waals surface area contributed by atoms with Crippen molar-refractivity contribution in [3.63, 3.8) is 0 Å². The summed E-state index contributed by atoms with van der Waals surface area (Å²) in [5, 5.41) is 4.64. The molecule has 8 heteroatoms. The molecule has 29 heavy (non-hydrogen) atoms. The van der Waals surface area contributed by atoms with E-state index in [0.717, 1.165) is 5.56 Å². The average Bonchev–Trinajstić information content (AvgIpc) is 3.19. The van der Waals surface area contributed by atoms with E-state index in [1.54, 1.807) is 32.0 Å². The molecule has 4 aromatic rings. The minimum absolute atomic E-state index is 0.107. The summed E-state index contributed by atoms with van der Waals surface area (Å²) in [6.07, 6.45) is 0. The molecule has 0 aliphatic rings. The summed E-state index contributed by atoms with van der Waals surface area (Å²) >= 11 is 0. The van der Waals surface area contributed by atoms with Crippen molar-refractivity contribution < 1.29 is 12.9 Å². The molecule has 0 amide bonds. The van der Waals surface area contributed by atoms with Crippen molar-refractivity contribution in [1.82, 2.24) is 14.9 Å². The van der Waals surface area contributed by atoms with E-state index in [4.69, 9.17) is 4.52 Å². The molecule has 7 nitrogen and oxygen atoms in total. The van der Waals surface area contributed by atoms with Crippen LogP contribution in [0.5, 0.6) is 0 Å². The van der Waals surface area contributed by atoms with Gasteiger partial charge < -0.3 is 9.51 Å². The predicted molar refractivity (Wildman–Crippen MR) is 110 cm³/mol. The number of sulfonamides is 1. The van der Waals surface area contributed by atoms with Gasteiger partial charge in [-0.25, -0.2) is 13.1 Å². The van der Waals surface area contributed by atoms with E-state index in [0.29, 0.717) is 27.9 Å². The molecule has 2 aromatic heterocycles. The fourth-order valence-corrected chi connectivity index (χ4v) is 4.31.